The largest absolute Gasteiger partial charge is 0.399 e. The fourth-order valence-corrected chi connectivity index (χ4v) is 3.85. The van der Waals surface area contributed by atoms with Gasteiger partial charge in [-0.15, -0.1) is 11.8 Å². The number of nitrogens with two attached hydrogens (primary N) is 1. The Morgan fingerprint density at radius 3 is 2.46 bits per heavy atom. The van der Waals surface area contributed by atoms with E-state index in [4.69, 9.17) is 28.9 Å². The molecule has 1 unspecified atom stereocenters. The van der Waals surface area contributed by atoms with E-state index in [9.17, 15) is 4.79 Å². The van der Waals surface area contributed by atoms with Gasteiger partial charge in [-0.2, -0.15) is 0 Å². The topological polar surface area (TPSA) is 55.1 Å². The van der Waals surface area contributed by atoms with Crippen molar-refractivity contribution in [3.63, 3.8) is 0 Å². The van der Waals surface area contributed by atoms with Gasteiger partial charge in [0.25, 0.3) is 0 Å². The van der Waals surface area contributed by atoms with E-state index in [1.54, 1.807) is 18.2 Å². The van der Waals surface area contributed by atoms with E-state index in [-0.39, 0.29) is 5.91 Å². The summed E-state index contributed by atoms with van der Waals surface area (Å²) in [7, 11) is 0. The second kappa shape index (κ2) is 8.49. The van der Waals surface area contributed by atoms with Crippen LogP contribution in [0.5, 0.6) is 0 Å². The van der Waals surface area contributed by atoms with E-state index < -0.39 is 5.25 Å². The summed E-state index contributed by atoms with van der Waals surface area (Å²) in [6, 6.07) is 22.0. The quantitative estimate of drug-likeness (QED) is 0.403. The van der Waals surface area contributed by atoms with Gasteiger partial charge < -0.3 is 11.1 Å². The number of thioether (sulfide) groups is 1. The summed E-state index contributed by atoms with van der Waals surface area (Å²) in [4.78, 5) is 13.9. The minimum Gasteiger partial charge on any atom is -0.399 e. The average Bonchev–Trinajstić information content (AvgIpc) is 2.63. The zero-order chi connectivity index (χ0) is 18.5. The predicted molar refractivity (Wildman–Crippen MR) is 111 cm³/mol. The normalized spacial score (nSPS) is 11.8. The van der Waals surface area contributed by atoms with Crippen molar-refractivity contribution in [2.24, 2.45) is 0 Å². The highest BCUT2D eigenvalue weighted by atomic mass is 35.5. The maximum Gasteiger partial charge on any atom is 0.242 e. The molecule has 1 atom stereocenters. The number of nitrogen functional groups attached to an aromatic ring is 1. The van der Waals surface area contributed by atoms with Crippen LogP contribution in [0.1, 0.15) is 10.8 Å². The lowest BCUT2D eigenvalue weighted by Crippen LogP contribution is -2.19. The van der Waals surface area contributed by atoms with Gasteiger partial charge in [-0.1, -0.05) is 59.6 Å². The van der Waals surface area contributed by atoms with Crippen molar-refractivity contribution < 1.29 is 4.79 Å². The molecule has 0 bridgehead atoms. The van der Waals surface area contributed by atoms with E-state index in [0.717, 1.165) is 10.5 Å². The van der Waals surface area contributed by atoms with Crippen molar-refractivity contribution in [2.75, 3.05) is 11.1 Å². The molecule has 0 aliphatic rings. The van der Waals surface area contributed by atoms with Crippen LogP contribution in [0.4, 0.5) is 11.4 Å². The Bertz CT molecular complexity index is 919. The van der Waals surface area contributed by atoms with Crippen LogP contribution in [0.2, 0.25) is 10.0 Å². The first-order chi connectivity index (χ1) is 12.5. The molecule has 26 heavy (non-hydrogen) atoms. The highest BCUT2D eigenvalue weighted by Crippen LogP contribution is 2.37. The number of carbonyl (C=O) groups excluding carboxylic acids is 1. The lowest BCUT2D eigenvalue weighted by molar-refractivity contribution is -0.115. The number of carbonyl (C=O) groups is 1. The van der Waals surface area contributed by atoms with Crippen LogP contribution in [0, 0.1) is 0 Å². The maximum atomic E-state index is 13.0. The third-order valence-corrected chi connectivity index (χ3v) is 5.45. The van der Waals surface area contributed by atoms with Gasteiger partial charge in [0, 0.05) is 15.6 Å². The lowest BCUT2D eigenvalue weighted by Gasteiger charge is -2.18. The number of benzene rings is 3. The van der Waals surface area contributed by atoms with Crippen LogP contribution in [0.25, 0.3) is 0 Å². The SMILES string of the molecule is Nc1cccc(SC(C(=O)Nc2cc(Cl)ccc2Cl)c2ccccc2)c1. The van der Waals surface area contributed by atoms with Gasteiger partial charge in [0.2, 0.25) is 5.91 Å². The lowest BCUT2D eigenvalue weighted by atomic mass is 10.1. The van der Waals surface area contributed by atoms with Gasteiger partial charge >= 0.3 is 0 Å². The van der Waals surface area contributed by atoms with E-state index >= 15 is 0 Å². The fraction of sp³-hybridized carbons (Fsp3) is 0.0500. The van der Waals surface area contributed by atoms with E-state index in [2.05, 4.69) is 5.32 Å². The van der Waals surface area contributed by atoms with Crippen molar-refractivity contribution in [1.29, 1.82) is 0 Å². The Morgan fingerprint density at radius 2 is 1.73 bits per heavy atom. The van der Waals surface area contributed by atoms with E-state index in [1.807, 2.05) is 54.6 Å². The summed E-state index contributed by atoms with van der Waals surface area (Å²) in [5.74, 6) is -0.187. The Kier molecular flexibility index (Phi) is 6.09. The second-order valence-corrected chi connectivity index (χ2v) is 7.62. The monoisotopic (exact) mass is 402 g/mol. The first kappa shape index (κ1) is 18.6. The standard InChI is InChI=1S/C20H16Cl2N2OS/c21-14-9-10-17(22)18(11-14)24-20(25)19(13-5-2-1-3-6-13)26-16-8-4-7-15(23)12-16/h1-12,19H,23H2,(H,24,25). The summed E-state index contributed by atoms with van der Waals surface area (Å²) >= 11 is 13.6. The molecule has 132 valence electrons. The van der Waals surface area contributed by atoms with Gasteiger partial charge in [-0.25, -0.2) is 0 Å². The number of nitrogens with one attached hydrogen (secondary N) is 1. The number of hydrogen-bond acceptors (Lipinski definition) is 3. The Hall–Kier alpha value is -2.14. The summed E-state index contributed by atoms with van der Waals surface area (Å²) in [5, 5.41) is 3.35. The summed E-state index contributed by atoms with van der Waals surface area (Å²) in [6.07, 6.45) is 0. The van der Waals surface area contributed by atoms with Crippen LogP contribution in [-0.2, 0) is 4.79 Å². The van der Waals surface area contributed by atoms with E-state index in [0.29, 0.717) is 21.4 Å². The molecule has 1 amide bonds. The Balaban J connectivity index is 1.90. The molecule has 0 heterocycles. The third kappa shape index (κ3) is 4.73. The van der Waals surface area contributed by atoms with Crippen LogP contribution >= 0.6 is 35.0 Å². The first-order valence-electron chi connectivity index (χ1n) is 7.86. The maximum absolute atomic E-state index is 13.0. The zero-order valence-corrected chi connectivity index (χ0v) is 16.0. The van der Waals surface area contributed by atoms with Crippen LogP contribution in [0.15, 0.2) is 77.7 Å². The summed E-state index contributed by atoms with van der Waals surface area (Å²) in [5.41, 5.74) is 7.89. The Morgan fingerprint density at radius 1 is 0.962 bits per heavy atom. The second-order valence-electron chi connectivity index (χ2n) is 5.59. The number of halogens is 2. The summed E-state index contributed by atoms with van der Waals surface area (Å²) in [6.45, 7) is 0. The zero-order valence-electron chi connectivity index (χ0n) is 13.7. The highest BCUT2D eigenvalue weighted by molar-refractivity contribution is 8.00. The van der Waals surface area contributed by atoms with Gasteiger partial charge in [-0.05, 0) is 42.0 Å². The predicted octanol–water partition coefficient (Wildman–Crippen LogP) is 6.05. The highest BCUT2D eigenvalue weighted by Gasteiger charge is 2.23. The molecule has 3 aromatic carbocycles. The minimum atomic E-state index is -0.465. The Labute approximate surface area is 166 Å². The number of anilines is 2. The van der Waals surface area contributed by atoms with Crippen molar-refractivity contribution in [2.45, 2.75) is 10.1 Å². The molecular weight excluding hydrogens is 387 g/mol. The average molecular weight is 403 g/mol. The van der Waals surface area contributed by atoms with Crippen molar-refractivity contribution in [3.05, 3.63) is 88.4 Å². The molecule has 6 heteroatoms. The molecule has 3 rings (SSSR count). The van der Waals surface area contributed by atoms with Gasteiger partial charge in [0.15, 0.2) is 0 Å². The molecule has 0 aliphatic carbocycles. The molecule has 0 radical (unpaired) electrons. The number of hydrogen-bond donors (Lipinski definition) is 2. The fourth-order valence-electron chi connectivity index (χ4n) is 2.42. The molecule has 0 fully saturated rings. The molecular formula is C20H16Cl2N2OS. The first-order valence-corrected chi connectivity index (χ1v) is 9.49. The molecule has 0 saturated carbocycles. The minimum absolute atomic E-state index is 0.187. The molecule has 3 nitrogen and oxygen atoms in total. The number of amides is 1. The van der Waals surface area contributed by atoms with Crippen LogP contribution in [0.3, 0.4) is 0 Å². The molecule has 0 aliphatic heterocycles. The van der Waals surface area contributed by atoms with Crippen molar-refractivity contribution >= 4 is 52.2 Å². The number of rotatable bonds is 5. The van der Waals surface area contributed by atoms with Crippen molar-refractivity contribution in [3.8, 4) is 0 Å². The van der Waals surface area contributed by atoms with Gasteiger partial charge in [0.1, 0.15) is 5.25 Å². The molecule has 0 spiro atoms. The van der Waals surface area contributed by atoms with Crippen LogP contribution in [-0.4, -0.2) is 5.91 Å². The van der Waals surface area contributed by atoms with Gasteiger partial charge in [0.05, 0.1) is 10.7 Å². The molecule has 3 N–H and O–H groups in total. The van der Waals surface area contributed by atoms with E-state index in [1.165, 1.54) is 11.8 Å². The third-order valence-electron chi connectivity index (χ3n) is 3.64. The van der Waals surface area contributed by atoms with Gasteiger partial charge in [-0.3, -0.25) is 4.79 Å². The molecule has 0 saturated heterocycles. The molecule has 0 aromatic heterocycles. The summed E-state index contributed by atoms with van der Waals surface area (Å²) < 4.78 is 0. The van der Waals surface area contributed by atoms with Crippen LogP contribution < -0.4 is 11.1 Å². The van der Waals surface area contributed by atoms with Crippen molar-refractivity contribution in [1.82, 2.24) is 0 Å². The smallest absolute Gasteiger partial charge is 0.242 e. The molecule has 3 aromatic rings.